The van der Waals surface area contributed by atoms with Gasteiger partial charge in [0.15, 0.2) is 0 Å². The molecule has 8 heteroatoms. The zero-order valence-electron chi connectivity index (χ0n) is 19.1. The summed E-state index contributed by atoms with van der Waals surface area (Å²) in [6, 6.07) is 8.37. The van der Waals surface area contributed by atoms with Gasteiger partial charge in [-0.15, -0.1) is 0 Å². The van der Waals surface area contributed by atoms with Crippen molar-refractivity contribution < 1.29 is 19.4 Å². The minimum absolute atomic E-state index is 0.0624. The van der Waals surface area contributed by atoms with Crippen LogP contribution in [0.3, 0.4) is 0 Å². The van der Waals surface area contributed by atoms with Crippen LogP contribution in [0.5, 0.6) is 5.75 Å². The van der Waals surface area contributed by atoms with Gasteiger partial charge in [0.2, 0.25) is 5.91 Å². The molecule has 2 N–H and O–H groups in total. The summed E-state index contributed by atoms with van der Waals surface area (Å²) in [6.45, 7) is 4.99. The number of aliphatic hydroxyl groups excluding tert-OH is 1. The van der Waals surface area contributed by atoms with Crippen molar-refractivity contribution in [1.29, 1.82) is 0 Å². The Hall–Kier alpha value is -2.97. The molecule has 0 fully saturated rings. The first-order valence-electron chi connectivity index (χ1n) is 10.8. The third kappa shape index (κ3) is 5.83. The molecule has 2 aromatic rings. The Morgan fingerprint density at radius 3 is 2.69 bits per heavy atom. The zero-order valence-corrected chi connectivity index (χ0v) is 19.1. The molecule has 1 aromatic carbocycles. The van der Waals surface area contributed by atoms with Gasteiger partial charge < -0.3 is 25.0 Å². The number of aromatic nitrogens is 1. The van der Waals surface area contributed by atoms with E-state index in [0.717, 1.165) is 0 Å². The topological polar surface area (TPSA) is 95.0 Å². The van der Waals surface area contributed by atoms with E-state index in [1.54, 1.807) is 41.6 Å². The normalized spacial score (nSPS) is 19.9. The van der Waals surface area contributed by atoms with Crippen molar-refractivity contribution in [2.24, 2.45) is 5.92 Å². The summed E-state index contributed by atoms with van der Waals surface area (Å²) in [5, 5.41) is 12.6. The lowest BCUT2D eigenvalue weighted by Gasteiger charge is -2.33. The number of aliphatic hydroxyl groups is 1. The summed E-state index contributed by atoms with van der Waals surface area (Å²) < 4.78 is 6.39. The third-order valence-corrected chi connectivity index (χ3v) is 5.66. The van der Waals surface area contributed by atoms with E-state index >= 15 is 0 Å². The number of nitrogens with one attached hydrogen (secondary N) is 1. The van der Waals surface area contributed by atoms with Crippen LogP contribution in [0, 0.1) is 5.92 Å². The number of carbonyl (C=O) groups is 2. The van der Waals surface area contributed by atoms with Crippen LogP contribution < -0.4 is 10.1 Å². The Kier molecular flexibility index (Phi) is 7.82. The number of pyridine rings is 1. The van der Waals surface area contributed by atoms with Crippen LogP contribution in [0.2, 0.25) is 0 Å². The van der Waals surface area contributed by atoms with Crippen molar-refractivity contribution >= 4 is 17.5 Å². The fraction of sp³-hybridized carbons (Fsp3) is 0.458. The molecule has 1 aromatic heterocycles. The molecule has 2 amide bonds. The van der Waals surface area contributed by atoms with Gasteiger partial charge in [-0.1, -0.05) is 6.92 Å². The first-order chi connectivity index (χ1) is 15.3. The lowest BCUT2D eigenvalue weighted by molar-refractivity contribution is -0.134. The molecular formula is C24H32N4O4. The number of ether oxygens (including phenoxy) is 1. The van der Waals surface area contributed by atoms with E-state index in [2.05, 4.69) is 22.1 Å². The molecule has 0 unspecified atom stereocenters. The molecule has 3 atom stereocenters. The molecule has 0 radical (unpaired) electrons. The first-order valence-corrected chi connectivity index (χ1v) is 10.8. The molecule has 0 aliphatic carbocycles. The van der Waals surface area contributed by atoms with Gasteiger partial charge in [-0.3, -0.25) is 14.6 Å². The summed E-state index contributed by atoms with van der Waals surface area (Å²) in [5.41, 5.74) is 1.79. The highest BCUT2D eigenvalue weighted by atomic mass is 16.5. The standard InChI is InChI=1S/C24H32N4O4/c1-16-13-28(17(2)15-29)23(30)12-19-11-20(26-24(31)18-7-9-25-10-8-18)5-6-21(19)32-22(16)14-27(3)4/h5-11,16-17,22,29H,12-15H2,1-4H3,(H,26,31)/t16-,17+,22+/m1/s1. The summed E-state index contributed by atoms with van der Waals surface area (Å²) in [4.78, 5) is 33.4. The Bertz CT molecular complexity index is 935. The Morgan fingerprint density at radius 1 is 1.31 bits per heavy atom. The fourth-order valence-electron chi connectivity index (χ4n) is 3.79. The Labute approximate surface area is 189 Å². The monoisotopic (exact) mass is 440 g/mol. The Morgan fingerprint density at radius 2 is 2.03 bits per heavy atom. The smallest absolute Gasteiger partial charge is 0.255 e. The van der Waals surface area contributed by atoms with Gasteiger partial charge in [-0.05, 0) is 51.4 Å². The van der Waals surface area contributed by atoms with E-state index in [4.69, 9.17) is 4.74 Å². The highest BCUT2D eigenvalue weighted by Gasteiger charge is 2.30. The highest BCUT2D eigenvalue weighted by molar-refractivity contribution is 6.04. The largest absolute Gasteiger partial charge is 0.488 e. The van der Waals surface area contributed by atoms with Crippen LogP contribution in [-0.4, -0.2) is 77.6 Å². The third-order valence-electron chi connectivity index (χ3n) is 5.66. The van der Waals surface area contributed by atoms with Crippen LogP contribution in [0.15, 0.2) is 42.7 Å². The number of nitrogens with zero attached hydrogens (tertiary/aromatic N) is 3. The summed E-state index contributed by atoms with van der Waals surface area (Å²) in [6.07, 6.45) is 3.11. The van der Waals surface area contributed by atoms with E-state index in [-0.39, 0.29) is 42.9 Å². The van der Waals surface area contributed by atoms with E-state index in [1.807, 2.05) is 27.1 Å². The van der Waals surface area contributed by atoms with Crippen molar-refractivity contribution in [2.75, 3.05) is 39.1 Å². The molecule has 0 spiro atoms. The lowest BCUT2D eigenvalue weighted by Crippen LogP contribution is -2.47. The summed E-state index contributed by atoms with van der Waals surface area (Å²) in [7, 11) is 3.97. The van der Waals surface area contributed by atoms with Crippen LogP contribution in [0.25, 0.3) is 0 Å². The molecule has 32 heavy (non-hydrogen) atoms. The zero-order chi connectivity index (χ0) is 23.3. The minimum Gasteiger partial charge on any atom is -0.488 e. The van der Waals surface area contributed by atoms with Gasteiger partial charge in [0.25, 0.3) is 5.91 Å². The van der Waals surface area contributed by atoms with Crippen LogP contribution in [0.4, 0.5) is 5.69 Å². The molecule has 8 nitrogen and oxygen atoms in total. The maximum Gasteiger partial charge on any atom is 0.255 e. The van der Waals surface area contributed by atoms with Crippen LogP contribution >= 0.6 is 0 Å². The maximum absolute atomic E-state index is 13.2. The average molecular weight is 441 g/mol. The quantitative estimate of drug-likeness (QED) is 0.714. The highest BCUT2D eigenvalue weighted by Crippen LogP contribution is 2.29. The van der Waals surface area contributed by atoms with E-state index < -0.39 is 0 Å². The van der Waals surface area contributed by atoms with Gasteiger partial charge in [-0.2, -0.15) is 0 Å². The van der Waals surface area contributed by atoms with Gasteiger partial charge in [-0.25, -0.2) is 0 Å². The van der Waals surface area contributed by atoms with Crippen molar-refractivity contribution in [3.63, 3.8) is 0 Å². The predicted molar refractivity (Wildman–Crippen MR) is 123 cm³/mol. The molecule has 172 valence electrons. The molecule has 0 saturated heterocycles. The molecule has 1 aliphatic rings. The fourth-order valence-corrected chi connectivity index (χ4v) is 3.79. The van der Waals surface area contributed by atoms with Gasteiger partial charge in [0.1, 0.15) is 11.9 Å². The number of hydrogen-bond acceptors (Lipinski definition) is 6. The molecular weight excluding hydrogens is 408 g/mol. The first kappa shape index (κ1) is 23.7. The van der Waals surface area contributed by atoms with Crippen LogP contribution in [0.1, 0.15) is 29.8 Å². The number of fused-ring (bicyclic) bond motifs is 1. The van der Waals surface area contributed by atoms with Crippen molar-refractivity contribution in [3.05, 3.63) is 53.9 Å². The predicted octanol–water partition coefficient (Wildman–Crippen LogP) is 2.04. The van der Waals surface area contributed by atoms with E-state index in [1.165, 1.54) is 0 Å². The second-order valence-corrected chi connectivity index (χ2v) is 8.66. The number of likely N-dealkylation sites (N-methyl/N-ethyl adjacent to an activating group) is 1. The maximum atomic E-state index is 13.2. The number of benzene rings is 1. The molecule has 1 aliphatic heterocycles. The molecule has 3 rings (SSSR count). The second kappa shape index (κ2) is 10.6. The summed E-state index contributed by atoms with van der Waals surface area (Å²) >= 11 is 0. The lowest BCUT2D eigenvalue weighted by atomic mass is 10.0. The van der Waals surface area contributed by atoms with Crippen molar-refractivity contribution in [2.45, 2.75) is 32.4 Å². The molecule has 0 saturated carbocycles. The summed E-state index contributed by atoms with van der Waals surface area (Å²) in [5.74, 6) is 0.369. The van der Waals surface area contributed by atoms with Crippen LogP contribution in [-0.2, 0) is 11.2 Å². The van der Waals surface area contributed by atoms with Gasteiger partial charge >= 0.3 is 0 Å². The Balaban J connectivity index is 1.92. The van der Waals surface area contributed by atoms with E-state index in [9.17, 15) is 14.7 Å². The number of amides is 2. The van der Waals surface area contributed by atoms with Crippen molar-refractivity contribution in [1.82, 2.24) is 14.8 Å². The van der Waals surface area contributed by atoms with E-state index in [0.29, 0.717) is 35.7 Å². The number of anilines is 1. The number of rotatable bonds is 6. The number of carbonyl (C=O) groups excluding carboxylic acids is 2. The molecule has 0 bridgehead atoms. The van der Waals surface area contributed by atoms with Gasteiger partial charge in [0.05, 0.1) is 19.1 Å². The molecule has 2 heterocycles. The minimum atomic E-state index is -0.291. The van der Waals surface area contributed by atoms with Crippen molar-refractivity contribution in [3.8, 4) is 5.75 Å². The van der Waals surface area contributed by atoms with Gasteiger partial charge in [0, 0.05) is 48.2 Å². The SMILES string of the molecule is C[C@@H]1CN([C@@H](C)CO)C(=O)Cc2cc(NC(=O)c3ccncc3)ccc2O[C@H]1CN(C)C. The average Bonchev–Trinajstić information content (AvgIpc) is 2.81. The number of hydrogen-bond donors (Lipinski definition) is 2. The second-order valence-electron chi connectivity index (χ2n) is 8.66.